The van der Waals surface area contributed by atoms with Gasteiger partial charge in [-0.25, -0.2) is 4.98 Å². The quantitative estimate of drug-likeness (QED) is 0.0957. The van der Waals surface area contributed by atoms with Gasteiger partial charge in [-0.3, -0.25) is 14.2 Å². The Labute approximate surface area is 292 Å². The van der Waals surface area contributed by atoms with Crippen molar-refractivity contribution in [3.05, 3.63) is 82.6 Å². The third kappa shape index (κ3) is 10.2. The van der Waals surface area contributed by atoms with Crippen LogP contribution in [0.1, 0.15) is 47.9 Å². The molecule has 50 heavy (non-hydrogen) atoms. The van der Waals surface area contributed by atoms with Gasteiger partial charge < -0.3 is 33.7 Å². The summed E-state index contributed by atoms with van der Waals surface area (Å²) in [6.45, 7) is 10.4. The summed E-state index contributed by atoms with van der Waals surface area (Å²) in [6, 6.07) is 15.2. The van der Waals surface area contributed by atoms with Gasteiger partial charge in [-0.1, -0.05) is 26.0 Å². The van der Waals surface area contributed by atoms with Crippen molar-refractivity contribution in [2.24, 2.45) is 5.92 Å². The summed E-state index contributed by atoms with van der Waals surface area (Å²) in [5.74, 6) is 1.85. The first-order valence-electron chi connectivity index (χ1n) is 17.2. The van der Waals surface area contributed by atoms with Crippen LogP contribution in [-0.4, -0.2) is 93.7 Å². The third-order valence-electron chi connectivity index (χ3n) is 8.37. The second-order valence-electron chi connectivity index (χ2n) is 11.9. The van der Waals surface area contributed by atoms with Gasteiger partial charge in [-0.2, -0.15) is 0 Å². The predicted molar refractivity (Wildman–Crippen MR) is 192 cm³/mol. The Morgan fingerprint density at radius 1 is 0.780 bits per heavy atom. The maximum Gasteiger partial charge on any atom is 0.166 e. The highest BCUT2D eigenvalue weighted by Gasteiger charge is 2.19. The van der Waals surface area contributed by atoms with Crippen LogP contribution in [0.3, 0.4) is 0 Å². The Kier molecular flexibility index (Phi) is 14.0. The minimum Gasteiger partial charge on any atom is -0.491 e. The van der Waals surface area contributed by atoms with E-state index >= 15 is 0 Å². The number of hydrogen-bond donors (Lipinski definition) is 1. The molecule has 0 saturated heterocycles. The number of nitrogens with zero attached hydrogens (tertiary/aromatic N) is 2. The number of benzene rings is 2. The molecule has 0 saturated carbocycles. The third-order valence-corrected chi connectivity index (χ3v) is 8.37. The van der Waals surface area contributed by atoms with Crippen LogP contribution in [0.25, 0.3) is 28.9 Å². The van der Waals surface area contributed by atoms with Crippen LogP contribution >= 0.6 is 0 Å². The van der Waals surface area contributed by atoms with Crippen LogP contribution in [0, 0.1) is 5.92 Å². The molecule has 11 heteroatoms. The van der Waals surface area contributed by atoms with Crippen LogP contribution in [0.15, 0.2) is 60.9 Å². The average molecular weight is 686 g/mol. The van der Waals surface area contributed by atoms with E-state index in [4.69, 9.17) is 28.4 Å². The van der Waals surface area contributed by atoms with E-state index in [1.807, 2.05) is 50.6 Å². The van der Waals surface area contributed by atoms with Crippen LogP contribution in [0.2, 0.25) is 0 Å². The summed E-state index contributed by atoms with van der Waals surface area (Å²) in [5, 5.41) is 7.68. The van der Waals surface area contributed by atoms with Crippen molar-refractivity contribution in [1.82, 2.24) is 14.9 Å². The molecule has 11 nitrogen and oxygen atoms in total. The Balaban J connectivity index is 0.863. The van der Waals surface area contributed by atoms with Crippen molar-refractivity contribution in [3.8, 4) is 17.3 Å². The normalized spacial score (nSPS) is 12.8. The van der Waals surface area contributed by atoms with Gasteiger partial charge >= 0.3 is 0 Å². The standard InChI is InChI=1S/C39H47N3O8/c1-4-28(2)39(44)35-8-7-34(25-36(35)29(3)43)50-22-20-48-18-16-46-14-13-45-15-17-47-19-21-49-33-6-5-31-24-38(41-26-32(31)23-33)42-12-10-30-9-11-40-27-37(30)42/h5-10,12,23-28,40H,4,11,13-22H2,1-3H3. The van der Waals surface area contributed by atoms with Gasteiger partial charge in [0.1, 0.15) is 30.5 Å². The van der Waals surface area contributed by atoms with Crippen molar-refractivity contribution in [3.63, 3.8) is 0 Å². The first-order valence-corrected chi connectivity index (χ1v) is 17.2. The summed E-state index contributed by atoms with van der Waals surface area (Å²) in [6.07, 6.45) is 8.83. The van der Waals surface area contributed by atoms with Gasteiger partial charge in [-0.15, -0.1) is 0 Å². The number of ether oxygens (including phenoxy) is 6. The van der Waals surface area contributed by atoms with Gasteiger partial charge in [-0.05, 0) is 66.4 Å². The molecule has 2 aromatic heterocycles. The molecule has 4 aromatic rings. The lowest BCUT2D eigenvalue weighted by molar-refractivity contribution is -0.00698. The fraction of sp³-hybridized carbons (Fsp3) is 0.410. The highest BCUT2D eigenvalue weighted by atomic mass is 16.6. The molecule has 3 heterocycles. The van der Waals surface area contributed by atoms with Crippen LogP contribution in [0.5, 0.6) is 11.5 Å². The zero-order chi connectivity index (χ0) is 35.1. The topological polar surface area (TPSA) is 119 Å². The monoisotopic (exact) mass is 685 g/mol. The van der Waals surface area contributed by atoms with Gasteiger partial charge in [0, 0.05) is 47.6 Å². The number of Topliss-reactive ketones (excluding diaryl/α,β-unsaturated/α-hetero) is 2. The van der Waals surface area contributed by atoms with Gasteiger partial charge in [0.25, 0.3) is 0 Å². The van der Waals surface area contributed by atoms with Crippen molar-refractivity contribution >= 4 is 34.6 Å². The van der Waals surface area contributed by atoms with E-state index in [-0.39, 0.29) is 17.5 Å². The molecule has 0 bridgehead atoms. The molecule has 1 atom stereocenters. The molecular formula is C39H47N3O8. The summed E-state index contributed by atoms with van der Waals surface area (Å²) >= 11 is 0. The number of fused-ring (bicyclic) bond motifs is 2. The van der Waals surface area contributed by atoms with E-state index in [0.717, 1.165) is 40.7 Å². The lowest BCUT2D eigenvalue weighted by Gasteiger charge is -2.13. The largest absolute Gasteiger partial charge is 0.491 e. The first-order chi connectivity index (χ1) is 24.4. The maximum absolute atomic E-state index is 12.6. The second-order valence-corrected chi connectivity index (χ2v) is 11.9. The van der Waals surface area contributed by atoms with Crippen molar-refractivity contribution in [2.45, 2.75) is 27.2 Å². The SMILES string of the molecule is CCC(C)C(=O)c1ccc(OCCOCCOCCOCCOCCOc2ccc3cc(-n4ccc5c4=CNCC=5)ncc3c2)cc1C(C)=O. The number of hydrogen-bond acceptors (Lipinski definition) is 10. The molecule has 1 unspecified atom stereocenters. The molecule has 0 radical (unpaired) electrons. The first kappa shape index (κ1) is 36.7. The van der Waals surface area contributed by atoms with E-state index in [1.54, 1.807) is 18.2 Å². The van der Waals surface area contributed by atoms with Gasteiger partial charge in [0.2, 0.25) is 0 Å². The molecule has 0 fully saturated rings. The van der Waals surface area contributed by atoms with E-state index in [2.05, 4.69) is 33.1 Å². The van der Waals surface area contributed by atoms with Crippen molar-refractivity contribution in [1.29, 1.82) is 0 Å². The number of ketones is 2. The molecule has 0 amide bonds. The van der Waals surface area contributed by atoms with E-state index in [0.29, 0.717) is 82.9 Å². The fourth-order valence-corrected chi connectivity index (χ4v) is 5.41. The highest BCUT2D eigenvalue weighted by Crippen LogP contribution is 2.23. The smallest absolute Gasteiger partial charge is 0.166 e. The second kappa shape index (κ2) is 19.0. The van der Waals surface area contributed by atoms with Crippen LogP contribution in [0.4, 0.5) is 0 Å². The Hall–Kier alpha value is -4.55. The zero-order valence-electron chi connectivity index (χ0n) is 29.2. The highest BCUT2D eigenvalue weighted by molar-refractivity contribution is 6.09. The molecular weight excluding hydrogens is 638 g/mol. The lowest BCUT2D eigenvalue weighted by Crippen LogP contribution is -2.35. The molecule has 0 spiro atoms. The summed E-state index contributed by atoms with van der Waals surface area (Å²) in [5.41, 5.74) is 0.833. The van der Waals surface area contributed by atoms with E-state index in [1.165, 1.54) is 12.1 Å². The number of nitrogens with one attached hydrogen (secondary N) is 1. The number of pyridine rings is 1. The molecule has 1 aliphatic heterocycles. The molecule has 1 aliphatic rings. The number of rotatable bonds is 22. The number of carbonyl (C=O) groups is 2. The summed E-state index contributed by atoms with van der Waals surface area (Å²) < 4.78 is 36.0. The van der Waals surface area contributed by atoms with Crippen molar-refractivity contribution in [2.75, 3.05) is 72.6 Å². The zero-order valence-corrected chi connectivity index (χ0v) is 29.2. The Morgan fingerprint density at radius 3 is 2.04 bits per heavy atom. The lowest BCUT2D eigenvalue weighted by atomic mass is 9.92. The predicted octanol–water partition coefficient (Wildman–Crippen LogP) is 4.10. The van der Waals surface area contributed by atoms with Crippen LogP contribution < -0.4 is 25.4 Å². The number of aromatic nitrogens is 2. The number of carbonyl (C=O) groups excluding carboxylic acids is 2. The summed E-state index contributed by atoms with van der Waals surface area (Å²) in [7, 11) is 0. The molecule has 1 N–H and O–H groups in total. The van der Waals surface area contributed by atoms with Gasteiger partial charge in [0.15, 0.2) is 11.6 Å². The molecule has 266 valence electrons. The summed E-state index contributed by atoms with van der Waals surface area (Å²) in [4.78, 5) is 29.4. The fourth-order valence-electron chi connectivity index (χ4n) is 5.41. The molecule has 2 aromatic carbocycles. The Bertz CT molecular complexity index is 1850. The average Bonchev–Trinajstić information content (AvgIpc) is 3.58. The van der Waals surface area contributed by atoms with Crippen LogP contribution in [-0.2, 0) is 18.9 Å². The minimum absolute atomic E-state index is 0.0268. The molecule has 5 rings (SSSR count). The van der Waals surface area contributed by atoms with Crippen molar-refractivity contribution < 1.29 is 38.0 Å². The van der Waals surface area contributed by atoms with Gasteiger partial charge in [0.05, 0.1) is 58.2 Å². The van der Waals surface area contributed by atoms with E-state index < -0.39 is 0 Å². The maximum atomic E-state index is 12.6. The Morgan fingerprint density at radius 2 is 1.40 bits per heavy atom. The van der Waals surface area contributed by atoms with E-state index in [9.17, 15) is 9.59 Å². The minimum atomic E-state index is -0.162. The molecule has 0 aliphatic carbocycles.